The number of benzene rings is 1. The third-order valence-electron chi connectivity index (χ3n) is 4.80. The molecule has 6 heteroatoms. The van der Waals surface area contributed by atoms with E-state index in [2.05, 4.69) is 34.2 Å². The van der Waals surface area contributed by atoms with E-state index in [9.17, 15) is 4.79 Å². The summed E-state index contributed by atoms with van der Waals surface area (Å²) < 4.78 is 5.32. The van der Waals surface area contributed by atoms with E-state index in [4.69, 9.17) is 4.52 Å². The molecule has 0 aliphatic carbocycles. The summed E-state index contributed by atoms with van der Waals surface area (Å²) in [5.41, 5.74) is 2.42. The Bertz CT molecular complexity index is 702. The first-order valence-corrected chi connectivity index (χ1v) is 8.77. The smallest absolute Gasteiger partial charge is 0.273 e. The molecule has 0 saturated carbocycles. The lowest BCUT2D eigenvalue weighted by Crippen LogP contribution is -2.51. The summed E-state index contributed by atoms with van der Waals surface area (Å²) in [7, 11) is 2.14. The van der Waals surface area contributed by atoms with Crippen molar-refractivity contribution in [1.82, 2.24) is 20.3 Å². The molecule has 6 nitrogen and oxygen atoms in total. The number of nitrogens with zero attached hydrogens (tertiary/aromatic N) is 3. The maximum Gasteiger partial charge on any atom is 0.273 e. The van der Waals surface area contributed by atoms with E-state index in [1.807, 2.05) is 31.2 Å². The average Bonchev–Trinajstić information content (AvgIpc) is 3.11. The Hall–Kier alpha value is -2.18. The Morgan fingerprint density at radius 2 is 1.92 bits per heavy atom. The van der Waals surface area contributed by atoms with Crippen LogP contribution in [0, 0.1) is 6.92 Å². The number of carbonyl (C=O) groups excluding carboxylic acids is 1. The van der Waals surface area contributed by atoms with Crippen molar-refractivity contribution in [2.24, 2.45) is 0 Å². The zero-order valence-electron chi connectivity index (χ0n) is 15.2. The molecular formula is C19H26N4O2. The molecule has 1 aromatic carbocycles. The summed E-state index contributed by atoms with van der Waals surface area (Å²) in [6.45, 7) is 9.00. The third-order valence-corrected chi connectivity index (χ3v) is 4.80. The second-order valence-electron chi connectivity index (χ2n) is 6.84. The van der Waals surface area contributed by atoms with E-state index in [1.54, 1.807) is 6.07 Å². The number of aromatic nitrogens is 1. The second kappa shape index (κ2) is 7.80. The Morgan fingerprint density at radius 3 is 2.60 bits per heavy atom. The van der Waals surface area contributed by atoms with E-state index in [-0.39, 0.29) is 5.91 Å². The molecule has 1 aliphatic rings. The van der Waals surface area contributed by atoms with Gasteiger partial charge in [0.05, 0.1) is 0 Å². The fraction of sp³-hybridized carbons (Fsp3) is 0.474. The first-order chi connectivity index (χ1) is 12.0. The molecule has 2 aromatic rings. The van der Waals surface area contributed by atoms with Gasteiger partial charge in [-0.15, -0.1) is 0 Å². The number of amides is 1. The lowest BCUT2D eigenvalue weighted by molar-refractivity contribution is 0.0895. The number of nitrogens with one attached hydrogen (secondary N) is 1. The highest BCUT2D eigenvalue weighted by Gasteiger charge is 2.20. The van der Waals surface area contributed by atoms with Gasteiger partial charge in [0.25, 0.3) is 5.91 Å². The SMILES string of the molecule is Cc1ccc(-c2cc(C(=O)NC[C@@H](C)N3CCN(C)CC3)no2)cc1. The molecule has 1 saturated heterocycles. The van der Waals surface area contributed by atoms with Gasteiger partial charge in [0.2, 0.25) is 0 Å². The van der Waals surface area contributed by atoms with E-state index in [0.717, 1.165) is 31.7 Å². The predicted octanol–water partition coefficient (Wildman–Crippen LogP) is 2.02. The fourth-order valence-corrected chi connectivity index (χ4v) is 2.96. The molecule has 1 aliphatic heterocycles. The molecule has 0 bridgehead atoms. The predicted molar refractivity (Wildman–Crippen MR) is 97.5 cm³/mol. The van der Waals surface area contributed by atoms with Crippen molar-refractivity contribution in [1.29, 1.82) is 0 Å². The van der Waals surface area contributed by atoms with Gasteiger partial charge in [-0.2, -0.15) is 0 Å². The van der Waals surface area contributed by atoms with Gasteiger partial charge in [0.15, 0.2) is 11.5 Å². The zero-order chi connectivity index (χ0) is 17.8. The van der Waals surface area contributed by atoms with E-state index >= 15 is 0 Å². The highest BCUT2D eigenvalue weighted by Crippen LogP contribution is 2.20. The summed E-state index contributed by atoms with van der Waals surface area (Å²) >= 11 is 0. The first kappa shape index (κ1) is 17.6. The number of aryl methyl sites for hydroxylation is 1. The van der Waals surface area contributed by atoms with Crippen LogP contribution in [0.15, 0.2) is 34.9 Å². The summed E-state index contributed by atoms with van der Waals surface area (Å²) in [5.74, 6) is 0.417. The summed E-state index contributed by atoms with van der Waals surface area (Å²) in [6, 6.07) is 9.95. The minimum absolute atomic E-state index is 0.192. The van der Waals surface area contributed by atoms with Crippen LogP contribution in [0.2, 0.25) is 0 Å². The Morgan fingerprint density at radius 1 is 1.24 bits per heavy atom. The van der Waals surface area contributed by atoms with E-state index in [0.29, 0.717) is 24.0 Å². The van der Waals surface area contributed by atoms with Crippen molar-refractivity contribution < 1.29 is 9.32 Å². The van der Waals surface area contributed by atoms with Crippen molar-refractivity contribution >= 4 is 5.91 Å². The van der Waals surface area contributed by atoms with Crippen molar-refractivity contribution in [3.05, 3.63) is 41.6 Å². The number of hydrogen-bond acceptors (Lipinski definition) is 5. The van der Waals surface area contributed by atoms with Crippen LogP contribution >= 0.6 is 0 Å². The molecule has 1 atom stereocenters. The number of piperazine rings is 1. The van der Waals surface area contributed by atoms with Gasteiger partial charge in [-0.3, -0.25) is 9.69 Å². The topological polar surface area (TPSA) is 61.6 Å². The van der Waals surface area contributed by atoms with Crippen LogP contribution in [0.1, 0.15) is 23.0 Å². The van der Waals surface area contributed by atoms with Crippen LogP contribution in [-0.2, 0) is 0 Å². The molecule has 25 heavy (non-hydrogen) atoms. The monoisotopic (exact) mass is 342 g/mol. The van der Waals surface area contributed by atoms with Gasteiger partial charge >= 0.3 is 0 Å². The average molecular weight is 342 g/mol. The Balaban J connectivity index is 1.54. The lowest BCUT2D eigenvalue weighted by Gasteiger charge is -2.36. The van der Waals surface area contributed by atoms with Gasteiger partial charge in [-0.1, -0.05) is 35.0 Å². The molecule has 0 unspecified atom stereocenters. The normalized spacial score (nSPS) is 17.4. The van der Waals surface area contributed by atoms with Crippen LogP contribution in [0.4, 0.5) is 0 Å². The van der Waals surface area contributed by atoms with Gasteiger partial charge in [-0.05, 0) is 20.9 Å². The summed E-state index contributed by atoms with van der Waals surface area (Å²) in [5, 5.41) is 6.87. The molecule has 2 heterocycles. The minimum Gasteiger partial charge on any atom is -0.355 e. The van der Waals surface area contributed by atoms with E-state index in [1.165, 1.54) is 5.56 Å². The van der Waals surface area contributed by atoms with Crippen molar-refractivity contribution in [3.63, 3.8) is 0 Å². The number of rotatable bonds is 5. The Labute approximate surface area is 148 Å². The van der Waals surface area contributed by atoms with Gasteiger partial charge in [0, 0.05) is 50.4 Å². The van der Waals surface area contributed by atoms with Crippen LogP contribution in [-0.4, -0.2) is 66.7 Å². The van der Waals surface area contributed by atoms with Crippen molar-refractivity contribution in [2.75, 3.05) is 39.8 Å². The first-order valence-electron chi connectivity index (χ1n) is 8.77. The van der Waals surface area contributed by atoms with Gasteiger partial charge in [-0.25, -0.2) is 0 Å². The Kier molecular flexibility index (Phi) is 5.50. The molecule has 1 fully saturated rings. The van der Waals surface area contributed by atoms with Crippen LogP contribution in [0.3, 0.4) is 0 Å². The number of hydrogen-bond donors (Lipinski definition) is 1. The minimum atomic E-state index is -0.192. The van der Waals surface area contributed by atoms with Gasteiger partial charge < -0.3 is 14.7 Å². The molecule has 1 amide bonds. The lowest BCUT2D eigenvalue weighted by atomic mass is 10.1. The summed E-state index contributed by atoms with van der Waals surface area (Å²) in [4.78, 5) is 17.0. The highest BCUT2D eigenvalue weighted by atomic mass is 16.5. The summed E-state index contributed by atoms with van der Waals surface area (Å²) in [6.07, 6.45) is 0. The maximum absolute atomic E-state index is 12.3. The zero-order valence-corrected chi connectivity index (χ0v) is 15.2. The fourth-order valence-electron chi connectivity index (χ4n) is 2.96. The molecule has 3 rings (SSSR count). The molecule has 1 N–H and O–H groups in total. The van der Waals surface area contributed by atoms with Crippen molar-refractivity contribution in [3.8, 4) is 11.3 Å². The standard InChI is InChI=1S/C19H26N4O2/c1-14-4-6-16(7-5-14)18-12-17(21-25-18)19(24)20-13-15(2)23-10-8-22(3)9-11-23/h4-7,12,15H,8-11,13H2,1-3H3,(H,20,24)/t15-/m1/s1. The second-order valence-corrected chi connectivity index (χ2v) is 6.84. The molecule has 134 valence electrons. The maximum atomic E-state index is 12.3. The third kappa shape index (κ3) is 4.46. The molecule has 1 aromatic heterocycles. The van der Waals surface area contributed by atoms with Gasteiger partial charge in [0.1, 0.15) is 0 Å². The number of likely N-dealkylation sites (N-methyl/N-ethyl adjacent to an activating group) is 1. The van der Waals surface area contributed by atoms with Crippen molar-refractivity contribution in [2.45, 2.75) is 19.9 Å². The van der Waals surface area contributed by atoms with Crippen LogP contribution in [0.25, 0.3) is 11.3 Å². The quantitative estimate of drug-likeness (QED) is 0.901. The molecule has 0 spiro atoms. The van der Waals surface area contributed by atoms with E-state index < -0.39 is 0 Å². The number of carbonyl (C=O) groups is 1. The molecular weight excluding hydrogens is 316 g/mol. The van der Waals surface area contributed by atoms with Crippen LogP contribution in [0.5, 0.6) is 0 Å². The van der Waals surface area contributed by atoms with Crippen LogP contribution < -0.4 is 5.32 Å². The largest absolute Gasteiger partial charge is 0.355 e. The molecule has 0 radical (unpaired) electrons. The highest BCUT2D eigenvalue weighted by molar-refractivity contribution is 5.93.